The summed E-state index contributed by atoms with van der Waals surface area (Å²) in [5.74, 6) is -2.15. The minimum Gasteiger partial charge on any atom is -0.481 e. The maximum atomic E-state index is 9.85. The molecule has 0 saturated heterocycles. The fourth-order valence-electron chi connectivity index (χ4n) is 0.448. The molecule has 0 fully saturated rings. The van der Waals surface area contributed by atoms with Crippen LogP contribution >= 0.6 is 0 Å². The number of carboxylic acids is 2. The monoisotopic (exact) mass is 223 g/mol. The Kier molecular flexibility index (Phi) is 7.76. The smallest absolute Gasteiger partial charge is 0.322 e. The first-order chi connectivity index (χ1) is 6.60. The summed E-state index contributed by atoms with van der Waals surface area (Å²) in [7, 11) is 0. The standard InChI is InChI=1S/C5H10O3.C3H7NO3/c1-5(2,8)3-4(6)7;4-2(1-5)3(6)7/h8H,3H2,1-2H3,(H,6,7);2,5H,1,4H2,(H,6,7). The summed E-state index contributed by atoms with van der Waals surface area (Å²) < 4.78 is 0. The summed E-state index contributed by atoms with van der Waals surface area (Å²) in [6.07, 6.45) is -0.201. The minimum absolute atomic E-state index is 0.201. The van der Waals surface area contributed by atoms with Crippen LogP contribution in [0.1, 0.15) is 20.3 Å². The summed E-state index contributed by atoms with van der Waals surface area (Å²) in [4.78, 5) is 19.5. The van der Waals surface area contributed by atoms with E-state index in [0.717, 1.165) is 0 Å². The third-order valence-corrected chi connectivity index (χ3v) is 1.10. The van der Waals surface area contributed by atoms with E-state index in [9.17, 15) is 9.59 Å². The molecule has 0 heterocycles. The normalized spacial score (nSPS) is 12.3. The first-order valence-electron chi connectivity index (χ1n) is 4.13. The van der Waals surface area contributed by atoms with Crippen LogP contribution in [-0.4, -0.2) is 50.6 Å². The molecule has 0 aliphatic rings. The molecule has 0 aliphatic heterocycles. The summed E-state index contributed by atoms with van der Waals surface area (Å²) in [6.45, 7) is 2.41. The van der Waals surface area contributed by atoms with Crippen molar-refractivity contribution in [2.24, 2.45) is 5.73 Å². The fourth-order valence-corrected chi connectivity index (χ4v) is 0.448. The number of aliphatic carboxylic acids is 2. The average molecular weight is 223 g/mol. The van der Waals surface area contributed by atoms with Crippen LogP contribution in [0.15, 0.2) is 0 Å². The molecule has 0 aliphatic carbocycles. The molecule has 15 heavy (non-hydrogen) atoms. The van der Waals surface area contributed by atoms with E-state index in [-0.39, 0.29) is 6.42 Å². The summed E-state index contributed by atoms with van der Waals surface area (Å²) >= 11 is 0. The van der Waals surface area contributed by atoms with Crippen LogP contribution in [0.5, 0.6) is 0 Å². The topological polar surface area (TPSA) is 141 Å². The van der Waals surface area contributed by atoms with Gasteiger partial charge in [0.15, 0.2) is 0 Å². The van der Waals surface area contributed by atoms with Gasteiger partial charge in [0.05, 0.1) is 18.6 Å². The number of aliphatic hydroxyl groups excluding tert-OH is 1. The zero-order valence-corrected chi connectivity index (χ0v) is 8.67. The van der Waals surface area contributed by atoms with Gasteiger partial charge in [-0.05, 0) is 13.8 Å². The van der Waals surface area contributed by atoms with Gasteiger partial charge < -0.3 is 26.2 Å². The first-order valence-corrected chi connectivity index (χ1v) is 4.13. The van der Waals surface area contributed by atoms with Gasteiger partial charge in [0.25, 0.3) is 0 Å². The lowest BCUT2D eigenvalue weighted by atomic mass is 10.1. The molecule has 7 heteroatoms. The molecular formula is C8H17NO6. The van der Waals surface area contributed by atoms with Crippen LogP contribution in [0.4, 0.5) is 0 Å². The summed E-state index contributed by atoms with van der Waals surface area (Å²) in [5, 5.41) is 32.8. The van der Waals surface area contributed by atoms with Crippen molar-refractivity contribution in [3.8, 4) is 0 Å². The quantitative estimate of drug-likeness (QED) is 0.395. The fraction of sp³-hybridized carbons (Fsp3) is 0.750. The van der Waals surface area contributed by atoms with E-state index in [1.807, 2.05) is 0 Å². The molecule has 1 atom stereocenters. The van der Waals surface area contributed by atoms with E-state index >= 15 is 0 Å². The predicted octanol–water partition coefficient (Wildman–Crippen LogP) is -1.38. The van der Waals surface area contributed by atoms with Crippen LogP contribution in [0.2, 0.25) is 0 Å². The molecule has 0 spiro atoms. The molecule has 0 aromatic heterocycles. The Balaban J connectivity index is 0. The zero-order chi connectivity index (χ0) is 12.6. The van der Waals surface area contributed by atoms with Crippen molar-refractivity contribution >= 4 is 11.9 Å². The van der Waals surface area contributed by atoms with E-state index in [0.29, 0.717) is 0 Å². The lowest BCUT2D eigenvalue weighted by Crippen LogP contribution is -2.33. The largest absolute Gasteiger partial charge is 0.481 e. The van der Waals surface area contributed by atoms with Gasteiger partial charge in [-0.25, -0.2) is 0 Å². The number of rotatable bonds is 4. The Morgan fingerprint density at radius 2 is 1.73 bits per heavy atom. The van der Waals surface area contributed by atoms with Crippen molar-refractivity contribution < 1.29 is 30.0 Å². The second-order valence-corrected chi connectivity index (χ2v) is 3.51. The third-order valence-electron chi connectivity index (χ3n) is 1.10. The zero-order valence-electron chi connectivity index (χ0n) is 8.67. The van der Waals surface area contributed by atoms with Gasteiger partial charge in [-0.15, -0.1) is 0 Å². The number of carboxylic acid groups (broad SMARTS) is 2. The van der Waals surface area contributed by atoms with Crippen molar-refractivity contribution in [2.45, 2.75) is 31.9 Å². The maximum Gasteiger partial charge on any atom is 0.322 e. The number of hydrogen-bond acceptors (Lipinski definition) is 5. The number of hydrogen-bond donors (Lipinski definition) is 5. The summed E-state index contributed by atoms with van der Waals surface area (Å²) in [5.41, 5.74) is 3.69. The summed E-state index contributed by atoms with van der Waals surface area (Å²) in [6, 6.07) is -1.13. The molecule has 0 rings (SSSR count). The molecule has 0 aromatic rings. The number of nitrogens with two attached hydrogens (primary N) is 1. The van der Waals surface area contributed by atoms with Gasteiger partial charge in [-0.2, -0.15) is 0 Å². The number of carbonyl (C=O) groups is 2. The van der Waals surface area contributed by atoms with Gasteiger partial charge >= 0.3 is 11.9 Å². The van der Waals surface area contributed by atoms with E-state index < -0.39 is 30.2 Å². The Labute approximate surface area is 87.1 Å². The Hall–Kier alpha value is -1.18. The van der Waals surface area contributed by atoms with Crippen LogP contribution in [-0.2, 0) is 9.59 Å². The van der Waals surface area contributed by atoms with Gasteiger partial charge in [0.2, 0.25) is 0 Å². The van der Waals surface area contributed by atoms with Crippen molar-refractivity contribution in [2.75, 3.05) is 6.61 Å². The third kappa shape index (κ3) is 15.6. The highest BCUT2D eigenvalue weighted by molar-refractivity contribution is 5.73. The molecule has 0 bridgehead atoms. The van der Waals surface area contributed by atoms with Gasteiger partial charge in [0, 0.05) is 0 Å². The molecule has 7 nitrogen and oxygen atoms in total. The predicted molar refractivity (Wildman–Crippen MR) is 51.2 cm³/mol. The Bertz CT molecular complexity index is 210. The van der Waals surface area contributed by atoms with Crippen molar-refractivity contribution in [1.29, 1.82) is 0 Å². The minimum atomic E-state index is -1.18. The van der Waals surface area contributed by atoms with E-state index in [1.54, 1.807) is 0 Å². The lowest BCUT2D eigenvalue weighted by molar-refractivity contribution is -0.141. The Morgan fingerprint density at radius 1 is 1.33 bits per heavy atom. The Morgan fingerprint density at radius 3 is 1.73 bits per heavy atom. The van der Waals surface area contributed by atoms with Gasteiger partial charge in [-0.1, -0.05) is 0 Å². The highest BCUT2D eigenvalue weighted by atomic mass is 16.4. The van der Waals surface area contributed by atoms with Crippen molar-refractivity contribution in [1.82, 2.24) is 0 Å². The average Bonchev–Trinajstić information content (AvgIpc) is 1.99. The first kappa shape index (κ1) is 16.3. The molecule has 90 valence electrons. The van der Waals surface area contributed by atoms with Crippen LogP contribution in [0.3, 0.4) is 0 Å². The second kappa shape index (κ2) is 7.16. The molecule has 6 N–H and O–H groups in total. The second-order valence-electron chi connectivity index (χ2n) is 3.51. The highest BCUT2D eigenvalue weighted by Gasteiger charge is 2.16. The van der Waals surface area contributed by atoms with E-state index in [4.69, 9.17) is 26.2 Å². The molecule has 0 saturated carbocycles. The van der Waals surface area contributed by atoms with Crippen LogP contribution in [0, 0.1) is 0 Å². The molecule has 1 unspecified atom stereocenters. The molecular weight excluding hydrogens is 206 g/mol. The number of aliphatic hydroxyl groups is 2. The van der Waals surface area contributed by atoms with Crippen molar-refractivity contribution in [3.63, 3.8) is 0 Å². The van der Waals surface area contributed by atoms with Crippen LogP contribution in [0.25, 0.3) is 0 Å². The van der Waals surface area contributed by atoms with Gasteiger partial charge in [0.1, 0.15) is 6.04 Å². The van der Waals surface area contributed by atoms with Gasteiger partial charge in [-0.3, -0.25) is 9.59 Å². The van der Waals surface area contributed by atoms with Crippen molar-refractivity contribution in [3.05, 3.63) is 0 Å². The highest BCUT2D eigenvalue weighted by Crippen LogP contribution is 2.05. The molecule has 0 amide bonds. The van der Waals surface area contributed by atoms with E-state index in [1.165, 1.54) is 13.8 Å². The molecule has 0 radical (unpaired) electrons. The maximum absolute atomic E-state index is 9.85. The van der Waals surface area contributed by atoms with Crippen LogP contribution < -0.4 is 5.73 Å². The molecule has 0 aromatic carbocycles. The SMILES string of the molecule is CC(C)(O)CC(=O)O.NC(CO)C(=O)O. The van der Waals surface area contributed by atoms with E-state index in [2.05, 4.69) is 0 Å². The lowest BCUT2D eigenvalue weighted by Gasteiger charge is -2.12.